The highest BCUT2D eigenvalue weighted by atomic mass is 35.5. The molecule has 1 saturated heterocycles. The molecule has 0 aromatic heterocycles. The van der Waals surface area contributed by atoms with E-state index in [9.17, 15) is 9.59 Å². The number of amides is 2. The number of hydrogen-bond acceptors (Lipinski definition) is 2. The Balaban J connectivity index is 1.41. The Kier molecular flexibility index (Phi) is 5.40. The summed E-state index contributed by atoms with van der Waals surface area (Å²) in [4.78, 5) is 29.7. The van der Waals surface area contributed by atoms with E-state index in [1.165, 1.54) is 11.1 Å². The van der Waals surface area contributed by atoms with E-state index >= 15 is 0 Å². The van der Waals surface area contributed by atoms with Gasteiger partial charge in [0.15, 0.2) is 0 Å². The third-order valence-corrected chi connectivity index (χ3v) is 6.09. The van der Waals surface area contributed by atoms with Crippen molar-refractivity contribution in [3.05, 3.63) is 64.2 Å². The van der Waals surface area contributed by atoms with Gasteiger partial charge in [-0.25, -0.2) is 0 Å². The second-order valence-electron chi connectivity index (χ2n) is 7.80. The van der Waals surface area contributed by atoms with Gasteiger partial charge in [0.05, 0.1) is 0 Å². The molecule has 0 bridgehead atoms. The number of fused-ring (bicyclic) bond motifs is 1. The summed E-state index contributed by atoms with van der Waals surface area (Å²) in [5, 5.41) is 0.623. The Morgan fingerprint density at radius 2 is 1.71 bits per heavy atom. The molecule has 28 heavy (non-hydrogen) atoms. The molecule has 0 N–H and O–H groups in total. The van der Waals surface area contributed by atoms with Crippen molar-refractivity contribution < 1.29 is 9.59 Å². The van der Waals surface area contributed by atoms with E-state index in [1.54, 1.807) is 24.3 Å². The molecule has 2 aromatic rings. The maximum atomic E-state index is 13.2. The van der Waals surface area contributed by atoms with Crippen LogP contribution in [0.5, 0.6) is 0 Å². The summed E-state index contributed by atoms with van der Waals surface area (Å²) in [6.07, 6.45) is 3.48. The van der Waals surface area contributed by atoms with Gasteiger partial charge in [0.25, 0.3) is 5.91 Å². The summed E-state index contributed by atoms with van der Waals surface area (Å²) < 4.78 is 0. The quantitative estimate of drug-likeness (QED) is 0.750. The zero-order valence-electron chi connectivity index (χ0n) is 16.2. The zero-order valence-corrected chi connectivity index (χ0v) is 16.9. The number of halogens is 1. The monoisotopic (exact) mass is 396 g/mol. The molecule has 5 heteroatoms. The lowest BCUT2D eigenvalue weighted by atomic mass is 9.92. The predicted octanol–water partition coefficient (Wildman–Crippen LogP) is 4.48. The Labute approximate surface area is 171 Å². The van der Waals surface area contributed by atoms with Gasteiger partial charge in [-0.2, -0.15) is 0 Å². The van der Waals surface area contributed by atoms with Gasteiger partial charge in [-0.3, -0.25) is 9.59 Å². The predicted molar refractivity (Wildman–Crippen MR) is 112 cm³/mol. The first-order chi connectivity index (χ1) is 13.5. The summed E-state index contributed by atoms with van der Waals surface area (Å²) in [6.45, 7) is 4.12. The normalized spacial score (nSPS) is 17.4. The molecule has 0 aliphatic carbocycles. The van der Waals surface area contributed by atoms with Gasteiger partial charge in [-0.05, 0) is 68.5 Å². The number of rotatable bonds is 2. The largest absolute Gasteiger partial charge is 0.339 e. The molecule has 2 heterocycles. The minimum Gasteiger partial charge on any atom is -0.339 e. The summed E-state index contributed by atoms with van der Waals surface area (Å²) >= 11 is 5.91. The summed E-state index contributed by atoms with van der Waals surface area (Å²) in [6, 6.07) is 13.4. The van der Waals surface area contributed by atoms with Gasteiger partial charge in [0, 0.05) is 41.8 Å². The lowest BCUT2D eigenvalue weighted by Gasteiger charge is -2.36. The fraction of sp³-hybridized carbons (Fsp3) is 0.391. The molecule has 0 atom stereocenters. The zero-order chi connectivity index (χ0) is 19.7. The molecule has 0 unspecified atom stereocenters. The molecule has 146 valence electrons. The van der Waals surface area contributed by atoms with Gasteiger partial charge in [-0.1, -0.05) is 29.3 Å². The molecule has 4 nitrogen and oxygen atoms in total. The fourth-order valence-corrected chi connectivity index (χ4v) is 4.41. The van der Waals surface area contributed by atoms with E-state index in [0.717, 1.165) is 37.9 Å². The maximum Gasteiger partial charge on any atom is 0.253 e. The molecule has 0 spiro atoms. The summed E-state index contributed by atoms with van der Waals surface area (Å²) in [7, 11) is 0. The lowest BCUT2D eigenvalue weighted by Crippen LogP contribution is -2.45. The van der Waals surface area contributed by atoms with Crippen LogP contribution in [0.15, 0.2) is 42.5 Å². The van der Waals surface area contributed by atoms with Crippen LogP contribution < -0.4 is 4.90 Å². The summed E-state index contributed by atoms with van der Waals surface area (Å²) in [5.74, 6) is 0.214. The third kappa shape index (κ3) is 3.79. The Bertz CT molecular complexity index is 886. The first-order valence-corrected chi connectivity index (χ1v) is 10.4. The number of aryl methyl sites for hydroxylation is 2. The molecule has 4 rings (SSSR count). The smallest absolute Gasteiger partial charge is 0.253 e. The average molecular weight is 397 g/mol. The first-order valence-electron chi connectivity index (χ1n) is 9.98. The highest BCUT2D eigenvalue weighted by Crippen LogP contribution is 2.31. The van der Waals surface area contributed by atoms with Crippen molar-refractivity contribution in [2.45, 2.75) is 32.6 Å². The van der Waals surface area contributed by atoms with Crippen molar-refractivity contribution in [1.82, 2.24) is 4.90 Å². The van der Waals surface area contributed by atoms with Gasteiger partial charge < -0.3 is 9.80 Å². The van der Waals surface area contributed by atoms with E-state index in [4.69, 9.17) is 11.6 Å². The highest BCUT2D eigenvalue weighted by Gasteiger charge is 2.32. The Morgan fingerprint density at radius 1 is 1.00 bits per heavy atom. The van der Waals surface area contributed by atoms with Crippen LogP contribution in [0, 0.1) is 12.8 Å². The lowest BCUT2D eigenvalue weighted by molar-refractivity contribution is -0.123. The average Bonchev–Trinajstić information content (AvgIpc) is 2.73. The van der Waals surface area contributed by atoms with E-state index in [1.807, 2.05) is 9.80 Å². The molecule has 1 fully saturated rings. The first kappa shape index (κ1) is 19.0. The molecule has 2 aliphatic heterocycles. The third-order valence-electron chi connectivity index (χ3n) is 5.84. The van der Waals surface area contributed by atoms with Crippen LogP contribution in [-0.4, -0.2) is 36.3 Å². The Morgan fingerprint density at radius 3 is 2.43 bits per heavy atom. The van der Waals surface area contributed by atoms with Crippen LogP contribution in [0.1, 0.15) is 40.7 Å². The number of hydrogen-bond donors (Lipinski definition) is 0. The molecule has 0 saturated carbocycles. The van der Waals surface area contributed by atoms with Gasteiger partial charge in [-0.15, -0.1) is 0 Å². The van der Waals surface area contributed by atoms with E-state index < -0.39 is 0 Å². The highest BCUT2D eigenvalue weighted by molar-refractivity contribution is 6.30. The number of likely N-dealkylation sites (tertiary alicyclic amines) is 1. The van der Waals surface area contributed by atoms with Crippen molar-refractivity contribution in [1.29, 1.82) is 0 Å². The number of piperidine rings is 1. The van der Waals surface area contributed by atoms with Crippen LogP contribution in [0.4, 0.5) is 5.69 Å². The topological polar surface area (TPSA) is 40.6 Å². The second kappa shape index (κ2) is 7.96. The van der Waals surface area contributed by atoms with Gasteiger partial charge >= 0.3 is 0 Å². The van der Waals surface area contributed by atoms with Crippen molar-refractivity contribution in [2.75, 3.05) is 24.5 Å². The molecule has 2 amide bonds. The van der Waals surface area contributed by atoms with Crippen molar-refractivity contribution >= 4 is 29.1 Å². The van der Waals surface area contributed by atoms with E-state index in [0.29, 0.717) is 23.7 Å². The number of anilines is 1. The minimum atomic E-state index is -0.0125. The maximum absolute atomic E-state index is 13.2. The fourth-order valence-electron chi connectivity index (χ4n) is 4.28. The van der Waals surface area contributed by atoms with Crippen LogP contribution in [0.2, 0.25) is 5.02 Å². The van der Waals surface area contributed by atoms with Gasteiger partial charge in [0.2, 0.25) is 5.91 Å². The molecule has 0 radical (unpaired) electrons. The number of benzene rings is 2. The standard InChI is InChI=1S/C23H25ClN2O2/c1-16-4-9-21-19(15-16)3-2-12-26(21)23(28)18-10-13-25(14-11-18)22(27)17-5-7-20(24)8-6-17/h4-9,15,18H,2-3,10-14H2,1H3. The van der Waals surface area contributed by atoms with Gasteiger partial charge in [0.1, 0.15) is 0 Å². The molecular formula is C23H25ClN2O2. The SMILES string of the molecule is Cc1ccc2c(c1)CCCN2C(=O)C1CCN(C(=O)c2ccc(Cl)cc2)CC1. The number of carbonyl (C=O) groups is 2. The number of carbonyl (C=O) groups excluding carboxylic acids is 2. The minimum absolute atomic E-state index is 0.0125. The van der Waals surface area contributed by atoms with Crippen LogP contribution in [0.3, 0.4) is 0 Å². The van der Waals surface area contributed by atoms with Crippen molar-refractivity contribution in [2.24, 2.45) is 5.92 Å². The second-order valence-corrected chi connectivity index (χ2v) is 8.24. The van der Waals surface area contributed by atoms with Crippen molar-refractivity contribution in [3.63, 3.8) is 0 Å². The Hall–Kier alpha value is -2.33. The van der Waals surface area contributed by atoms with Crippen LogP contribution in [-0.2, 0) is 11.2 Å². The molecule has 2 aromatic carbocycles. The van der Waals surface area contributed by atoms with E-state index in [-0.39, 0.29) is 17.7 Å². The van der Waals surface area contributed by atoms with E-state index in [2.05, 4.69) is 25.1 Å². The number of nitrogens with zero attached hydrogens (tertiary/aromatic N) is 2. The van der Waals surface area contributed by atoms with Crippen molar-refractivity contribution in [3.8, 4) is 0 Å². The molecule has 2 aliphatic rings. The summed E-state index contributed by atoms with van der Waals surface area (Å²) in [5.41, 5.74) is 4.23. The molecular weight excluding hydrogens is 372 g/mol. The van der Waals surface area contributed by atoms with Crippen LogP contribution in [0.25, 0.3) is 0 Å². The van der Waals surface area contributed by atoms with Crippen LogP contribution >= 0.6 is 11.6 Å².